The smallest absolute Gasteiger partial charge is 0.106 e. The van der Waals surface area contributed by atoms with Crippen LogP contribution >= 0.6 is 12.2 Å². The van der Waals surface area contributed by atoms with Crippen LogP contribution in [0.15, 0.2) is 18.2 Å². The summed E-state index contributed by atoms with van der Waals surface area (Å²) in [4.78, 5) is 0.413. The first-order valence-electron chi connectivity index (χ1n) is 5.21. The van der Waals surface area contributed by atoms with Crippen LogP contribution in [0.5, 0.6) is 0 Å². The van der Waals surface area contributed by atoms with Crippen molar-refractivity contribution in [2.75, 3.05) is 19.0 Å². The average Bonchev–Trinajstić information content (AvgIpc) is 2.26. The van der Waals surface area contributed by atoms with Crippen LogP contribution in [0.2, 0.25) is 0 Å². The highest BCUT2D eigenvalue weighted by atomic mass is 32.1. The van der Waals surface area contributed by atoms with Crippen molar-refractivity contribution in [3.63, 3.8) is 0 Å². The maximum Gasteiger partial charge on any atom is 0.106 e. The van der Waals surface area contributed by atoms with Crippen LogP contribution in [-0.2, 0) is 4.74 Å². The molecule has 16 heavy (non-hydrogen) atoms. The van der Waals surface area contributed by atoms with Crippen molar-refractivity contribution in [2.24, 2.45) is 5.73 Å². The van der Waals surface area contributed by atoms with Crippen molar-refractivity contribution in [3.8, 4) is 0 Å². The number of rotatable bonds is 5. The Hall–Kier alpha value is -1.13. The number of aryl methyl sites for hydroxylation is 1. The van der Waals surface area contributed by atoms with Crippen molar-refractivity contribution in [1.82, 2.24) is 0 Å². The molecule has 0 aliphatic carbocycles. The molecule has 3 N–H and O–H groups in total. The summed E-state index contributed by atoms with van der Waals surface area (Å²) in [5.41, 5.74) is 8.68. The number of thiocarbonyl (C=S) groups is 1. The first-order valence-corrected chi connectivity index (χ1v) is 5.62. The van der Waals surface area contributed by atoms with E-state index in [4.69, 9.17) is 22.7 Å². The Balaban J connectivity index is 2.82. The van der Waals surface area contributed by atoms with Gasteiger partial charge in [0.15, 0.2) is 0 Å². The third-order valence-electron chi connectivity index (χ3n) is 2.42. The van der Waals surface area contributed by atoms with Crippen LogP contribution in [0.3, 0.4) is 0 Å². The van der Waals surface area contributed by atoms with E-state index in [1.165, 1.54) is 0 Å². The van der Waals surface area contributed by atoms with E-state index < -0.39 is 0 Å². The Kier molecular flexibility index (Phi) is 4.71. The predicted molar refractivity (Wildman–Crippen MR) is 72.0 cm³/mol. The average molecular weight is 238 g/mol. The number of ether oxygens (including phenoxy) is 1. The van der Waals surface area contributed by atoms with Crippen LogP contribution in [0, 0.1) is 6.92 Å². The Morgan fingerprint density at radius 1 is 1.56 bits per heavy atom. The maximum atomic E-state index is 5.68. The molecule has 1 aromatic rings. The zero-order valence-corrected chi connectivity index (χ0v) is 10.7. The summed E-state index contributed by atoms with van der Waals surface area (Å²) >= 11 is 5.02. The molecule has 0 aromatic heterocycles. The van der Waals surface area contributed by atoms with Crippen molar-refractivity contribution < 1.29 is 4.74 Å². The zero-order chi connectivity index (χ0) is 12.1. The Morgan fingerprint density at radius 2 is 2.25 bits per heavy atom. The first kappa shape index (κ1) is 12.9. The number of hydrogen-bond donors (Lipinski definition) is 2. The minimum Gasteiger partial charge on any atom is -0.389 e. The fourth-order valence-electron chi connectivity index (χ4n) is 1.35. The molecule has 0 amide bonds. The van der Waals surface area contributed by atoms with Crippen LogP contribution in [0.25, 0.3) is 0 Å². The van der Waals surface area contributed by atoms with Gasteiger partial charge in [-0.2, -0.15) is 0 Å². The van der Waals surface area contributed by atoms with Crippen LogP contribution in [0.1, 0.15) is 18.1 Å². The molecule has 4 heteroatoms. The van der Waals surface area contributed by atoms with E-state index in [9.17, 15) is 0 Å². The summed E-state index contributed by atoms with van der Waals surface area (Å²) in [6.45, 7) is 4.75. The molecular weight excluding hydrogens is 220 g/mol. The molecule has 0 saturated heterocycles. The number of methoxy groups -OCH3 is 1. The fraction of sp³-hybridized carbons (Fsp3) is 0.417. The highest BCUT2D eigenvalue weighted by Gasteiger charge is 2.06. The van der Waals surface area contributed by atoms with Gasteiger partial charge in [-0.05, 0) is 26.0 Å². The molecule has 1 atom stereocenters. The van der Waals surface area contributed by atoms with E-state index in [-0.39, 0.29) is 6.10 Å². The topological polar surface area (TPSA) is 47.3 Å². The van der Waals surface area contributed by atoms with Gasteiger partial charge < -0.3 is 15.8 Å². The van der Waals surface area contributed by atoms with Gasteiger partial charge in [-0.25, -0.2) is 0 Å². The van der Waals surface area contributed by atoms with Gasteiger partial charge in [0, 0.05) is 24.9 Å². The quantitative estimate of drug-likeness (QED) is 0.771. The molecule has 0 aliphatic heterocycles. The molecule has 1 rings (SSSR count). The monoisotopic (exact) mass is 238 g/mol. The molecule has 0 spiro atoms. The van der Waals surface area contributed by atoms with Gasteiger partial charge >= 0.3 is 0 Å². The minimum absolute atomic E-state index is 0.153. The SMILES string of the molecule is COC(C)CNc1ccc(C)cc1C(N)=S. The second kappa shape index (κ2) is 5.82. The summed E-state index contributed by atoms with van der Waals surface area (Å²) in [5.74, 6) is 0. The van der Waals surface area contributed by atoms with Gasteiger partial charge in [0.05, 0.1) is 6.10 Å². The second-order valence-corrected chi connectivity index (χ2v) is 4.28. The van der Waals surface area contributed by atoms with E-state index in [1.807, 2.05) is 32.0 Å². The molecule has 0 fully saturated rings. The third kappa shape index (κ3) is 3.47. The van der Waals surface area contributed by atoms with Gasteiger partial charge in [-0.15, -0.1) is 0 Å². The summed E-state index contributed by atoms with van der Waals surface area (Å²) in [7, 11) is 1.69. The molecular formula is C12H18N2OS. The van der Waals surface area contributed by atoms with Gasteiger partial charge in [0.25, 0.3) is 0 Å². The van der Waals surface area contributed by atoms with Gasteiger partial charge in [-0.3, -0.25) is 0 Å². The zero-order valence-electron chi connectivity index (χ0n) is 9.91. The first-order chi connectivity index (χ1) is 7.54. The van der Waals surface area contributed by atoms with Crippen molar-refractivity contribution >= 4 is 22.9 Å². The Morgan fingerprint density at radius 3 is 2.81 bits per heavy atom. The number of hydrogen-bond acceptors (Lipinski definition) is 3. The van der Waals surface area contributed by atoms with Crippen molar-refractivity contribution in [2.45, 2.75) is 20.0 Å². The lowest BCUT2D eigenvalue weighted by molar-refractivity contribution is 0.129. The van der Waals surface area contributed by atoms with Crippen LogP contribution < -0.4 is 11.1 Å². The summed E-state index contributed by atoms with van der Waals surface area (Å²) in [5, 5.41) is 3.28. The molecule has 1 aromatic carbocycles. The van der Waals surface area contributed by atoms with Crippen molar-refractivity contribution in [3.05, 3.63) is 29.3 Å². The number of benzene rings is 1. The predicted octanol–water partition coefficient (Wildman–Crippen LogP) is 2.08. The summed E-state index contributed by atoms with van der Waals surface area (Å²) in [6, 6.07) is 6.01. The number of anilines is 1. The number of nitrogens with two attached hydrogens (primary N) is 1. The van der Waals surface area contributed by atoms with Gasteiger partial charge in [0.2, 0.25) is 0 Å². The molecule has 0 aliphatic rings. The Labute approximate surface area is 102 Å². The minimum atomic E-state index is 0.153. The van der Waals surface area contributed by atoms with Gasteiger partial charge in [-0.1, -0.05) is 23.8 Å². The van der Waals surface area contributed by atoms with Crippen LogP contribution in [0.4, 0.5) is 5.69 Å². The van der Waals surface area contributed by atoms with E-state index in [1.54, 1.807) is 7.11 Å². The van der Waals surface area contributed by atoms with Gasteiger partial charge in [0.1, 0.15) is 4.99 Å². The lowest BCUT2D eigenvalue weighted by Crippen LogP contribution is -2.20. The molecule has 3 nitrogen and oxygen atoms in total. The summed E-state index contributed by atoms with van der Waals surface area (Å²) < 4.78 is 5.17. The lowest BCUT2D eigenvalue weighted by Gasteiger charge is -2.15. The van der Waals surface area contributed by atoms with Crippen LogP contribution in [-0.4, -0.2) is 24.7 Å². The second-order valence-electron chi connectivity index (χ2n) is 3.84. The van der Waals surface area contributed by atoms with Crippen molar-refractivity contribution in [1.29, 1.82) is 0 Å². The standard InChI is InChI=1S/C12H18N2OS/c1-8-4-5-11(10(6-8)12(13)16)14-7-9(2)15-3/h4-6,9,14H,7H2,1-3H3,(H2,13,16). The largest absolute Gasteiger partial charge is 0.389 e. The Bertz CT molecular complexity index is 379. The highest BCUT2D eigenvalue weighted by Crippen LogP contribution is 2.17. The molecule has 1 unspecified atom stereocenters. The molecule has 0 bridgehead atoms. The molecule has 88 valence electrons. The lowest BCUT2D eigenvalue weighted by atomic mass is 10.1. The van der Waals surface area contributed by atoms with E-state index in [2.05, 4.69) is 5.32 Å². The normalized spacial score (nSPS) is 12.2. The van der Waals surface area contributed by atoms with E-state index in [0.717, 1.165) is 23.4 Å². The summed E-state index contributed by atoms with van der Waals surface area (Å²) in [6.07, 6.45) is 0.153. The van der Waals surface area contributed by atoms with E-state index in [0.29, 0.717) is 4.99 Å². The molecule has 0 heterocycles. The fourth-order valence-corrected chi connectivity index (χ4v) is 1.52. The number of nitrogens with one attached hydrogen (secondary N) is 1. The maximum absolute atomic E-state index is 5.68. The molecule has 0 saturated carbocycles. The third-order valence-corrected chi connectivity index (χ3v) is 2.64. The van der Waals surface area contributed by atoms with E-state index >= 15 is 0 Å². The highest BCUT2D eigenvalue weighted by molar-refractivity contribution is 7.80. The molecule has 0 radical (unpaired) electrons.